The summed E-state index contributed by atoms with van der Waals surface area (Å²) in [5.74, 6) is -0.227. The van der Waals surface area contributed by atoms with Crippen LogP contribution in [-0.2, 0) is 16.1 Å². The molecule has 5 heteroatoms. The molecule has 0 amide bonds. The van der Waals surface area contributed by atoms with Gasteiger partial charge in [-0.1, -0.05) is 38.3 Å². The highest BCUT2D eigenvalue weighted by atomic mass is 16.5. The van der Waals surface area contributed by atoms with Crippen LogP contribution < -0.4 is 0 Å². The van der Waals surface area contributed by atoms with Crippen molar-refractivity contribution in [1.29, 1.82) is 0 Å². The second-order valence-electron chi connectivity index (χ2n) is 4.60. The van der Waals surface area contributed by atoms with E-state index in [0.29, 0.717) is 0 Å². The summed E-state index contributed by atoms with van der Waals surface area (Å²) in [4.78, 5) is 11.8. The summed E-state index contributed by atoms with van der Waals surface area (Å²) in [6.07, 6.45) is 6.92. The van der Waals surface area contributed by atoms with Crippen molar-refractivity contribution >= 4 is 5.97 Å². The van der Waals surface area contributed by atoms with Crippen molar-refractivity contribution in [3.05, 3.63) is 11.9 Å². The summed E-state index contributed by atoms with van der Waals surface area (Å²) in [5.41, 5.74) is 0.805. The van der Waals surface area contributed by atoms with E-state index in [4.69, 9.17) is 4.74 Å². The molecule has 0 fully saturated rings. The molecule has 0 aliphatic rings. The lowest BCUT2D eigenvalue weighted by Gasteiger charge is -2.16. The average molecular weight is 253 g/mol. The van der Waals surface area contributed by atoms with Crippen molar-refractivity contribution in [3.63, 3.8) is 0 Å². The van der Waals surface area contributed by atoms with Crippen LogP contribution in [0.1, 0.15) is 51.6 Å². The predicted molar refractivity (Wildman–Crippen MR) is 69.1 cm³/mol. The first-order valence-electron chi connectivity index (χ1n) is 6.71. The van der Waals surface area contributed by atoms with Crippen LogP contribution in [0.2, 0.25) is 0 Å². The molecule has 1 heterocycles. The number of aromatic nitrogens is 3. The SMILES string of the molecule is CCCCC(CCC)OC(=O)Cn1cc(C)nn1. The summed E-state index contributed by atoms with van der Waals surface area (Å²) in [5, 5.41) is 7.68. The van der Waals surface area contributed by atoms with Gasteiger partial charge in [-0.15, -0.1) is 5.10 Å². The van der Waals surface area contributed by atoms with Crippen LogP contribution in [0.25, 0.3) is 0 Å². The maximum atomic E-state index is 11.8. The third-order valence-electron chi connectivity index (χ3n) is 2.73. The Morgan fingerprint density at radius 1 is 1.39 bits per heavy atom. The fraction of sp³-hybridized carbons (Fsp3) is 0.769. The van der Waals surface area contributed by atoms with E-state index in [2.05, 4.69) is 24.2 Å². The highest BCUT2D eigenvalue weighted by molar-refractivity contribution is 5.69. The topological polar surface area (TPSA) is 57.0 Å². The van der Waals surface area contributed by atoms with Gasteiger partial charge in [-0.3, -0.25) is 4.79 Å². The number of carbonyl (C=O) groups is 1. The van der Waals surface area contributed by atoms with Crippen molar-refractivity contribution < 1.29 is 9.53 Å². The fourth-order valence-corrected chi connectivity index (χ4v) is 1.84. The second-order valence-corrected chi connectivity index (χ2v) is 4.60. The Kier molecular flexibility index (Phi) is 6.39. The Bertz CT molecular complexity index is 363. The summed E-state index contributed by atoms with van der Waals surface area (Å²) >= 11 is 0. The quantitative estimate of drug-likeness (QED) is 0.668. The minimum absolute atomic E-state index is 0.0482. The van der Waals surface area contributed by atoms with E-state index >= 15 is 0 Å². The molecule has 1 unspecified atom stereocenters. The van der Waals surface area contributed by atoms with Gasteiger partial charge in [0.25, 0.3) is 0 Å². The highest BCUT2D eigenvalue weighted by Gasteiger charge is 2.14. The lowest BCUT2D eigenvalue weighted by molar-refractivity contribution is -0.150. The van der Waals surface area contributed by atoms with Gasteiger partial charge in [0.2, 0.25) is 0 Å². The molecule has 0 spiro atoms. The monoisotopic (exact) mass is 253 g/mol. The number of carbonyl (C=O) groups excluding carboxylic acids is 1. The molecule has 1 atom stereocenters. The van der Waals surface area contributed by atoms with Crippen LogP contribution in [0.3, 0.4) is 0 Å². The average Bonchev–Trinajstić information content (AvgIpc) is 2.71. The van der Waals surface area contributed by atoms with Crippen molar-refractivity contribution in [1.82, 2.24) is 15.0 Å². The van der Waals surface area contributed by atoms with Crippen molar-refractivity contribution in [3.8, 4) is 0 Å². The van der Waals surface area contributed by atoms with E-state index in [0.717, 1.165) is 37.8 Å². The number of hydrogen-bond donors (Lipinski definition) is 0. The first-order valence-corrected chi connectivity index (χ1v) is 6.71. The van der Waals surface area contributed by atoms with E-state index in [9.17, 15) is 4.79 Å². The summed E-state index contributed by atoms with van der Waals surface area (Å²) in [6, 6.07) is 0. The lowest BCUT2D eigenvalue weighted by Crippen LogP contribution is -2.22. The molecule has 0 aromatic carbocycles. The highest BCUT2D eigenvalue weighted by Crippen LogP contribution is 2.11. The smallest absolute Gasteiger partial charge is 0.328 e. The van der Waals surface area contributed by atoms with E-state index in [1.54, 1.807) is 6.20 Å². The molecule has 0 saturated heterocycles. The molecule has 1 rings (SSSR count). The zero-order valence-corrected chi connectivity index (χ0v) is 11.6. The number of aryl methyl sites for hydroxylation is 1. The van der Waals surface area contributed by atoms with Crippen molar-refractivity contribution in [2.75, 3.05) is 0 Å². The number of esters is 1. The zero-order chi connectivity index (χ0) is 13.4. The van der Waals surface area contributed by atoms with Gasteiger partial charge in [-0.25, -0.2) is 4.68 Å². The third-order valence-corrected chi connectivity index (χ3v) is 2.73. The molecule has 0 N–H and O–H groups in total. The van der Waals surface area contributed by atoms with Crippen molar-refractivity contribution in [2.45, 2.75) is 65.5 Å². The molecule has 1 aromatic heterocycles. The minimum Gasteiger partial charge on any atom is -0.461 e. The Labute approximate surface area is 109 Å². The molecular formula is C13H23N3O2. The first-order chi connectivity index (χ1) is 8.65. The van der Waals surface area contributed by atoms with Gasteiger partial charge in [-0.05, 0) is 19.8 Å². The van der Waals surface area contributed by atoms with Crippen LogP contribution in [0.5, 0.6) is 0 Å². The first kappa shape index (κ1) is 14.7. The van der Waals surface area contributed by atoms with Gasteiger partial charge in [0.05, 0.1) is 5.69 Å². The second kappa shape index (κ2) is 7.84. The van der Waals surface area contributed by atoms with Crippen LogP contribution in [0, 0.1) is 6.92 Å². The number of ether oxygens (including phenoxy) is 1. The molecule has 0 aliphatic heterocycles. The van der Waals surface area contributed by atoms with Crippen molar-refractivity contribution in [2.24, 2.45) is 0 Å². The number of hydrogen-bond acceptors (Lipinski definition) is 4. The van der Waals surface area contributed by atoms with Crippen LogP contribution in [0.15, 0.2) is 6.20 Å². The number of unbranched alkanes of at least 4 members (excludes halogenated alkanes) is 1. The van der Waals surface area contributed by atoms with Crippen LogP contribution in [-0.4, -0.2) is 27.1 Å². The van der Waals surface area contributed by atoms with E-state index in [-0.39, 0.29) is 18.6 Å². The molecule has 0 saturated carbocycles. The summed E-state index contributed by atoms with van der Waals surface area (Å²) in [6.45, 7) is 6.24. The predicted octanol–water partition coefficient (Wildman–Crippen LogP) is 2.49. The fourth-order valence-electron chi connectivity index (χ4n) is 1.84. The molecular weight excluding hydrogens is 230 g/mol. The minimum atomic E-state index is -0.227. The van der Waals surface area contributed by atoms with Gasteiger partial charge in [0.1, 0.15) is 12.6 Å². The Morgan fingerprint density at radius 3 is 2.72 bits per heavy atom. The molecule has 1 aromatic rings. The molecule has 18 heavy (non-hydrogen) atoms. The van der Waals surface area contributed by atoms with Crippen LogP contribution in [0.4, 0.5) is 0 Å². The third kappa shape index (κ3) is 5.29. The van der Waals surface area contributed by atoms with E-state index in [1.165, 1.54) is 4.68 Å². The Balaban J connectivity index is 2.40. The zero-order valence-electron chi connectivity index (χ0n) is 11.6. The maximum Gasteiger partial charge on any atom is 0.328 e. The van der Waals surface area contributed by atoms with Gasteiger partial charge in [0.15, 0.2) is 0 Å². The summed E-state index contributed by atoms with van der Waals surface area (Å²) < 4.78 is 6.99. The van der Waals surface area contributed by atoms with E-state index < -0.39 is 0 Å². The number of nitrogens with zero attached hydrogens (tertiary/aromatic N) is 3. The lowest BCUT2D eigenvalue weighted by atomic mass is 10.1. The Morgan fingerprint density at radius 2 is 2.17 bits per heavy atom. The largest absolute Gasteiger partial charge is 0.461 e. The molecule has 0 bridgehead atoms. The summed E-state index contributed by atoms with van der Waals surface area (Å²) in [7, 11) is 0. The molecule has 102 valence electrons. The van der Waals surface area contributed by atoms with Gasteiger partial charge in [-0.2, -0.15) is 0 Å². The normalized spacial score (nSPS) is 12.4. The maximum absolute atomic E-state index is 11.8. The standard InChI is InChI=1S/C13H23N3O2/c1-4-6-8-12(7-5-2)18-13(17)10-16-9-11(3)14-15-16/h9,12H,4-8,10H2,1-3H3. The van der Waals surface area contributed by atoms with Gasteiger partial charge >= 0.3 is 5.97 Å². The molecule has 5 nitrogen and oxygen atoms in total. The van der Waals surface area contributed by atoms with Gasteiger partial charge in [0, 0.05) is 6.20 Å². The van der Waals surface area contributed by atoms with Crippen LogP contribution >= 0.6 is 0 Å². The van der Waals surface area contributed by atoms with E-state index in [1.807, 2.05) is 6.92 Å². The number of rotatable bonds is 8. The van der Waals surface area contributed by atoms with Gasteiger partial charge < -0.3 is 4.74 Å². The Hall–Kier alpha value is -1.39. The molecule has 0 radical (unpaired) electrons. The molecule has 0 aliphatic carbocycles.